The summed E-state index contributed by atoms with van der Waals surface area (Å²) in [4.78, 5) is 24.4. The highest BCUT2D eigenvalue weighted by Crippen LogP contribution is 2.27. The van der Waals surface area contributed by atoms with Gasteiger partial charge in [0.1, 0.15) is 5.60 Å². The minimum absolute atomic E-state index is 0.268. The number of amides is 1. The van der Waals surface area contributed by atoms with E-state index < -0.39 is 5.60 Å². The van der Waals surface area contributed by atoms with E-state index >= 15 is 0 Å². The van der Waals surface area contributed by atoms with Gasteiger partial charge in [0, 0.05) is 42.2 Å². The molecule has 8 nitrogen and oxygen atoms in total. The second-order valence-corrected chi connectivity index (χ2v) is 9.65. The number of aromatic nitrogens is 2. The van der Waals surface area contributed by atoms with Crippen molar-refractivity contribution < 1.29 is 9.53 Å². The molecule has 2 aromatic rings. The third kappa shape index (κ3) is 5.30. The number of nitrogens with zero attached hydrogens (tertiary/aromatic N) is 3. The molecule has 0 saturated carbocycles. The first-order valence-electron chi connectivity index (χ1n) is 8.88. The summed E-state index contributed by atoms with van der Waals surface area (Å²) in [5, 5.41) is 4.54. The van der Waals surface area contributed by atoms with Crippen LogP contribution in [0.15, 0.2) is 0 Å². The van der Waals surface area contributed by atoms with Crippen molar-refractivity contribution in [3.63, 3.8) is 0 Å². The molecular formula is C17H26N6O2S2. The average molecular weight is 411 g/mol. The van der Waals surface area contributed by atoms with Crippen LogP contribution >= 0.6 is 22.7 Å². The summed E-state index contributed by atoms with van der Waals surface area (Å²) in [6, 6.07) is 0. The molecular weight excluding hydrogens is 384 g/mol. The molecule has 2 aliphatic rings. The van der Waals surface area contributed by atoms with Crippen molar-refractivity contribution in [3.05, 3.63) is 21.1 Å². The highest BCUT2D eigenvalue weighted by molar-refractivity contribution is 7.15. The second kappa shape index (κ2) is 7.99. The van der Waals surface area contributed by atoms with Gasteiger partial charge in [0.2, 0.25) is 0 Å². The highest BCUT2D eigenvalue weighted by atomic mass is 32.1. The fraction of sp³-hybridized carbons (Fsp3) is 0.588. The van der Waals surface area contributed by atoms with Crippen molar-refractivity contribution in [3.8, 4) is 0 Å². The van der Waals surface area contributed by atoms with E-state index in [-0.39, 0.29) is 6.09 Å². The Balaban J connectivity index is 0.000000177. The molecule has 0 unspecified atom stereocenters. The van der Waals surface area contributed by atoms with Gasteiger partial charge in [-0.3, -0.25) is 0 Å². The predicted octanol–water partition coefficient (Wildman–Crippen LogP) is 2.39. The van der Waals surface area contributed by atoms with Crippen molar-refractivity contribution in [2.75, 3.05) is 24.6 Å². The lowest BCUT2D eigenvalue weighted by molar-refractivity contribution is 0.0225. The smallest absolute Gasteiger partial charge is 0.410 e. The normalized spacial score (nSPS) is 16.0. The quantitative estimate of drug-likeness (QED) is 0.610. The monoisotopic (exact) mass is 410 g/mol. The Kier molecular flexibility index (Phi) is 5.87. The van der Waals surface area contributed by atoms with Gasteiger partial charge in [0.05, 0.1) is 17.9 Å². The molecule has 0 atom stereocenters. The zero-order chi connectivity index (χ0) is 19.6. The number of rotatable bonds is 0. The van der Waals surface area contributed by atoms with Crippen LogP contribution in [-0.4, -0.2) is 39.7 Å². The molecule has 0 bridgehead atoms. The lowest BCUT2D eigenvalue weighted by Gasteiger charge is -2.29. The number of nitrogens with two attached hydrogens (primary N) is 2. The zero-order valence-corrected chi connectivity index (χ0v) is 17.5. The lowest BCUT2D eigenvalue weighted by Crippen LogP contribution is -2.39. The van der Waals surface area contributed by atoms with Crippen LogP contribution in [0.25, 0.3) is 0 Å². The Morgan fingerprint density at radius 3 is 2.37 bits per heavy atom. The van der Waals surface area contributed by atoms with Gasteiger partial charge < -0.3 is 26.4 Å². The first kappa shape index (κ1) is 19.8. The summed E-state index contributed by atoms with van der Waals surface area (Å²) in [7, 11) is 0. The van der Waals surface area contributed by atoms with Crippen LogP contribution in [0.2, 0.25) is 0 Å². The number of carbonyl (C=O) groups excluding carboxylic acids is 1. The second-order valence-electron chi connectivity index (χ2n) is 7.42. The molecule has 0 radical (unpaired) electrons. The molecule has 1 amide bonds. The summed E-state index contributed by atoms with van der Waals surface area (Å²) < 4.78 is 5.34. The molecule has 0 aliphatic carbocycles. The Morgan fingerprint density at radius 2 is 1.74 bits per heavy atom. The van der Waals surface area contributed by atoms with Crippen molar-refractivity contribution in [1.82, 2.24) is 20.2 Å². The maximum absolute atomic E-state index is 11.9. The minimum Gasteiger partial charge on any atom is -0.444 e. The maximum Gasteiger partial charge on any atom is 0.410 e. The molecule has 2 aliphatic heterocycles. The van der Waals surface area contributed by atoms with Crippen molar-refractivity contribution in [2.45, 2.75) is 52.3 Å². The number of thiazole rings is 2. The molecule has 148 valence electrons. The third-order valence-corrected chi connectivity index (χ3v) is 5.86. The largest absolute Gasteiger partial charge is 0.444 e. The first-order chi connectivity index (χ1) is 12.7. The number of nitrogens with one attached hydrogen (secondary N) is 1. The summed E-state index contributed by atoms with van der Waals surface area (Å²) in [5.74, 6) is 0. The van der Waals surface area contributed by atoms with Crippen LogP contribution in [0.1, 0.15) is 41.9 Å². The van der Waals surface area contributed by atoms with E-state index in [2.05, 4.69) is 15.3 Å². The zero-order valence-electron chi connectivity index (χ0n) is 15.9. The number of fused-ring (bicyclic) bond motifs is 2. The molecule has 10 heteroatoms. The fourth-order valence-corrected chi connectivity index (χ4v) is 4.59. The van der Waals surface area contributed by atoms with Crippen LogP contribution in [0.5, 0.6) is 0 Å². The number of ether oxygens (including phenoxy) is 1. The van der Waals surface area contributed by atoms with Crippen LogP contribution in [0.3, 0.4) is 0 Å². The molecule has 0 fully saturated rings. The third-order valence-electron chi connectivity index (χ3n) is 4.02. The predicted molar refractivity (Wildman–Crippen MR) is 109 cm³/mol. The number of hydrogen-bond acceptors (Lipinski definition) is 9. The van der Waals surface area contributed by atoms with E-state index in [0.29, 0.717) is 23.4 Å². The summed E-state index contributed by atoms with van der Waals surface area (Å²) in [5.41, 5.74) is 13.0. The van der Waals surface area contributed by atoms with Crippen LogP contribution < -0.4 is 16.8 Å². The average Bonchev–Trinajstić information content (AvgIpc) is 3.13. The fourth-order valence-electron chi connectivity index (χ4n) is 2.84. The maximum atomic E-state index is 11.9. The molecule has 5 N–H and O–H groups in total. The molecule has 4 rings (SSSR count). The van der Waals surface area contributed by atoms with E-state index in [9.17, 15) is 4.79 Å². The van der Waals surface area contributed by atoms with E-state index in [1.54, 1.807) is 16.2 Å². The van der Waals surface area contributed by atoms with Gasteiger partial charge in [-0.25, -0.2) is 14.8 Å². The molecule has 27 heavy (non-hydrogen) atoms. The van der Waals surface area contributed by atoms with Gasteiger partial charge in [-0.2, -0.15) is 0 Å². The van der Waals surface area contributed by atoms with Gasteiger partial charge in [0.25, 0.3) is 0 Å². The Labute approximate surface area is 166 Å². The Morgan fingerprint density at radius 1 is 1.11 bits per heavy atom. The van der Waals surface area contributed by atoms with Crippen LogP contribution in [-0.2, 0) is 30.7 Å². The molecule has 4 heterocycles. The van der Waals surface area contributed by atoms with Gasteiger partial charge in [-0.05, 0) is 20.8 Å². The van der Waals surface area contributed by atoms with E-state index in [1.807, 2.05) is 20.8 Å². The van der Waals surface area contributed by atoms with Crippen LogP contribution in [0.4, 0.5) is 15.1 Å². The molecule has 0 spiro atoms. The van der Waals surface area contributed by atoms with E-state index in [1.165, 1.54) is 21.9 Å². The van der Waals surface area contributed by atoms with E-state index in [0.717, 1.165) is 36.5 Å². The standard InChI is InChI=1S/C11H17N3O2S.C6H9N3S/c1-11(2,3)16-10(15)14-5-4-7-8(6-14)17-9(12)13-7;7-6-9-4-1-2-8-3-5(4)10-6/h4-6H2,1-3H3,(H2,12,13);8H,1-3H2,(H2,7,9). The SMILES string of the molecule is CC(C)(C)OC(=O)N1CCc2nc(N)sc2C1.Nc1nc2c(s1)CNCC2. The topological polar surface area (TPSA) is 119 Å². The molecule has 2 aromatic heterocycles. The number of nitrogen functional groups attached to an aromatic ring is 2. The van der Waals surface area contributed by atoms with Crippen molar-refractivity contribution in [2.24, 2.45) is 0 Å². The number of carbonyl (C=O) groups is 1. The van der Waals surface area contributed by atoms with Crippen LogP contribution in [0, 0.1) is 0 Å². The molecule has 0 saturated heterocycles. The number of anilines is 2. The van der Waals surface area contributed by atoms with E-state index in [4.69, 9.17) is 16.2 Å². The van der Waals surface area contributed by atoms with Gasteiger partial charge >= 0.3 is 6.09 Å². The lowest BCUT2D eigenvalue weighted by atomic mass is 10.2. The van der Waals surface area contributed by atoms with Crippen molar-refractivity contribution >= 4 is 39.0 Å². The first-order valence-corrected chi connectivity index (χ1v) is 10.5. The van der Waals surface area contributed by atoms with Gasteiger partial charge in [0.15, 0.2) is 10.3 Å². The van der Waals surface area contributed by atoms with Gasteiger partial charge in [-0.1, -0.05) is 0 Å². The highest BCUT2D eigenvalue weighted by Gasteiger charge is 2.27. The van der Waals surface area contributed by atoms with Crippen molar-refractivity contribution in [1.29, 1.82) is 0 Å². The Hall–Kier alpha value is -1.91. The minimum atomic E-state index is -0.454. The summed E-state index contributed by atoms with van der Waals surface area (Å²) in [6.07, 6.45) is 1.51. The molecule has 0 aromatic carbocycles. The number of hydrogen-bond donors (Lipinski definition) is 3. The Bertz CT molecular complexity index is 787. The van der Waals surface area contributed by atoms with Gasteiger partial charge in [-0.15, -0.1) is 22.7 Å². The summed E-state index contributed by atoms with van der Waals surface area (Å²) >= 11 is 3.04. The summed E-state index contributed by atoms with van der Waals surface area (Å²) in [6.45, 7) is 8.78.